The molecule has 128 valence electrons. The van der Waals surface area contributed by atoms with Gasteiger partial charge in [-0.3, -0.25) is 4.85 Å². The fourth-order valence-corrected chi connectivity index (χ4v) is 3.54. The Morgan fingerprint density at radius 3 is 2.67 bits per heavy atom. The number of carbonyl (C=O) groups excluding carboxylic acids is 1. The molecule has 0 atom stereocenters. The van der Waals surface area contributed by atoms with Gasteiger partial charge in [0.25, 0.3) is 0 Å². The molecule has 0 unspecified atom stereocenters. The molecule has 8 heteroatoms. The lowest BCUT2D eigenvalue weighted by Gasteiger charge is -2.70. The van der Waals surface area contributed by atoms with Crippen LogP contribution >= 0.6 is 0 Å². The van der Waals surface area contributed by atoms with Gasteiger partial charge in [-0.2, -0.15) is 13.2 Å². The van der Waals surface area contributed by atoms with Crippen LogP contribution in [0.25, 0.3) is 4.85 Å². The summed E-state index contributed by atoms with van der Waals surface area (Å²) in [5.41, 5.74) is -1.49. The van der Waals surface area contributed by atoms with Gasteiger partial charge in [0.2, 0.25) is 0 Å². The maximum atomic E-state index is 12.8. The lowest BCUT2D eigenvalue weighted by molar-refractivity contribution is -0.336. The second-order valence-corrected chi connectivity index (χ2v) is 6.48. The molecule has 0 aliphatic heterocycles. The topological polar surface area (TPSA) is 54.7 Å². The number of hydrogen-bond acceptors (Lipinski definition) is 2. The van der Waals surface area contributed by atoms with Crippen molar-refractivity contribution in [1.82, 2.24) is 10.6 Å². The van der Waals surface area contributed by atoms with Crippen LogP contribution in [-0.2, 0) is 6.54 Å². The summed E-state index contributed by atoms with van der Waals surface area (Å²) in [5, 5.41) is 5.29. The van der Waals surface area contributed by atoms with Crippen LogP contribution in [0.4, 0.5) is 18.0 Å². The molecule has 3 fully saturated rings. The minimum atomic E-state index is -4.18. The summed E-state index contributed by atoms with van der Waals surface area (Å²) in [7, 11) is 0. The average molecular weight is 339 g/mol. The first kappa shape index (κ1) is 16.4. The van der Waals surface area contributed by atoms with Crippen LogP contribution in [0, 0.1) is 12.0 Å². The highest BCUT2D eigenvalue weighted by atomic mass is 19.4. The minimum absolute atomic E-state index is 0.0309. The monoisotopic (exact) mass is 339 g/mol. The Bertz CT molecular complexity index is 677. The average Bonchev–Trinajstić information content (AvgIpc) is 2.44. The highest BCUT2D eigenvalue weighted by molar-refractivity contribution is 5.75. The van der Waals surface area contributed by atoms with Gasteiger partial charge in [-0.05, 0) is 37.0 Å². The van der Waals surface area contributed by atoms with E-state index in [4.69, 9.17) is 11.3 Å². The van der Waals surface area contributed by atoms with Crippen LogP contribution in [0.2, 0.25) is 0 Å². The third kappa shape index (κ3) is 2.86. The lowest BCUT2D eigenvalue weighted by atomic mass is 9.39. The molecular formula is C16H16F3N3O2. The van der Waals surface area contributed by atoms with Crippen molar-refractivity contribution in [1.29, 1.82) is 0 Å². The first-order chi connectivity index (χ1) is 11.3. The predicted molar refractivity (Wildman–Crippen MR) is 79.0 cm³/mol. The predicted octanol–water partition coefficient (Wildman–Crippen LogP) is 3.23. The van der Waals surface area contributed by atoms with E-state index in [1.165, 1.54) is 0 Å². The number of ether oxygens (including phenoxy) is 1. The van der Waals surface area contributed by atoms with Crippen LogP contribution in [-0.4, -0.2) is 24.5 Å². The number of urea groups is 1. The van der Waals surface area contributed by atoms with Crippen molar-refractivity contribution in [2.45, 2.75) is 37.5 Å². The zero-order chi connectivity index (χ0) is 17.4. The van der Waals surface area contributed by atoms with Crippen molar-refractivity contribution in [3.63, 3.8) is 0 Å². The van der Waals surface area contributed by atoms with E-state index >= 15 is 0 Å². The molecule has 3 saturated carbocycles. The number of halogens is 3. The Balaban J connectivity index is 1.46. The normalized spacial score (nSPS) is 27.2. The summed E-state index contributed by atoms with van der Waals surface area (Å²) in [5.74, 6) is 0.525. The van der Waals surface area contributed by atoms with Crippen molar-refractivity contribution >= 4 is 6.03 Å². The maximum absolute atomic E-state index is 12.8. The van der Waals surface area contributed by atoms with Crippen molar-refractivity contribution in [3.05, 3.63) is 41.2 Å². The Kier molecular flexibility index (Phi) is 3.82. The SMILES string of the molecule is [C-]#[N+]COc1cccc(CNC(=O)NC23CC(C(F)(F)F)(C2)C3)c1. The molecule has 2 bridgehead atoms. The van der Waals surface area contributed by atoms with E-state index in [0.717, 1.165) is 5.56 Å². The summed E-state index contributed by atoms with van der Waals surface area (Å²) in [4.78, 5) is 15.0. The van der Waals surface area contributed by atoms with Gasteiger partial charge in [0.1, 0.15) is 5.75 Å². The van der Waals surface area contributed by atoms with E-state index in [1.807, 2.05) is 0 Å². The fraction of sp³-hybridized carbons (Fsp3) is 0.500. The van der Waals surface area contributed by atoms with E-state index in [9.17, 15) is 18.0 Å². The molecule has 0 heterocycles. The third-order valence-electron chi connectivity index (χ3n) is 4.66. The van der Waals surface area contributed by atoms with Crippen LogP contribution in [0.5, 0.6) is 5.75 Å². The minimum Gasteiger partial charge on any atom is -0.426 e. The van der Waals surface area contributed by atoms with Crippen LogP contribution in [0.1, 0.15) is 24.8 Å². The second-order valence-electron chi connectivity index (χ2n) is 6.48. The van der Waals surface area contributed by atoms with Crippen molar-refractivity contribution in [3.8, 4) is 5.75 Å². The largest absolute Gasteiger partial charge is 0.426 e. The van der Waals surface area contributed by atoms with Gasteiger partial charge in [0.05, 0.1) is 5.41 Å². The number of hydrogen-bond donors (Lipinski definition) is 2. The van der Waals surface area contributed by atoms with Gasteiger partial charge in [-0.25, -0.2) is 11.4 Å². The first-order valence-corrected chi connectivity index (χ1v) is 7.45. The molecule has 0 spiro atoms. The van der Waals surface area contributed by atoms with Gasteiger partial charge < -0.3 is 15.4 Å². The van der Waals surface area contributed by atoms with Crippen molar-refractivity contribution in [2.75, 3.05) is 6.73 Å². The Hall–Kier alpha value is -2.43. The molecule has 3 aliphatic carbocycles. The summed E-state index contributed by atoms with van der Waals surface area (Å²) in [6.45, 7) is 6.81. The van der Waals surface area contributed by atoms with E-state index in [2.05, 4.69) is 15.5 Å². The van der Waals surface area contributed by atoms with Gasteiger partial charge in [-0.1, -0.05) is 12.1 Å². The Morgan fingerprint density at radius 2 is 2.04 bits per heavy atom. The molecule has 4 rings (SSSR count). The molecular weight excluding hydrogens is 323 g/mol. The number of nitrogens with zero attached hydrogens (tertiary/aromatic N) is 1. The highest BCUT2D eigenvalue weighted by Crippen LogP contribution is 2.73. The van der Waals surface area contributed by atoms with Gasteiger partial charge >= 0.3 is 18.9 Å². The molecule has 24 heavy (non-hydrogen) atoms. The van der Waals surface area contributed by atoms with Crippen molar-refractivity contribution in [2.24, 2.45) is 5.41 Å². The molecule has 2 amide bonds. The maximum Gasteiger partial charge on any atom is 0.394 e. The number of amides is 2. The lowest BCUT2D eigenvalue weighted by Crippen LogP contribution is -2.79. The Morgan fingerprint density at radius 1 is 1.33 bits per heavy atom. The number of nitrogens with one attached hydrogen (secondary N) is 2. The molecule has 1 aromatic carbocycles. The quantitative estimate of drug-likeness (QED) is 0.810. The van der Waals surface area contributed by atoms with Crippen LogP contribution in [0.15, 0.2) is 24.3 Å². The molecule has 0 radical (unpaired) electrons. The fourth-order valence-electron chi connectivity index (χ4n) is 3.54. The van der Waals surface area contributed by atoms with E-state index < -0.39 is 23.2 Å². The number of benzene rings is 1. The molecule has 1 aromatic rings. The van der Waals surface area contributed by atoms with Crippen LogP contribution < -0.4 is 15.4 Å². The number of carbonyl (C=O) groups is 1. The number of alkyl halides is 3. The smallest absolute Gasteiger partial charge is 0.394 e. The zero-order valence-electron chi connectivity index (χ0n) is 12.7. The summed E-state index contributed by atoms with van der Waals surface area (Å²) in [6, 6.07) is 6.45. The molecule has 0 aromatic heterocycles. The van der Waals surface area contributed by atoms with E-state index in [1.54, 1.807) is 24.3 Å². The molecule has 2 N–H and O–H groups in total. The Labute approximate surface area is 137 Å². The molecule has 5 nitrogen and oxygen atoms in total. The summed E-state index contributed by atoms with van der Waals surface area (Å²) < 4.78 is 43.5. The second kappa shape index (κ2) is 5.58. The summed E-state index contributed by atoms with van der Waals surface area (Å²) >= 11 is 0. The van der Waals surface area contributed by atoms with Gasteiger partial charge in [0.15, 0.2) is 0 Å². The standard InChI is InChI=1S/C16H16F3N3O2/c1-20-10-24-12-4-2-3-11(5-12)6-21-13(23)22-15-7-14(8-15,9-15)16(17,18)19/h2-5H,6-10H2,(H2,21,22,23). The zero-order valence-corrected chi connectivity index (χ0v) is 12.7. The molecule has 0 saturated heterocycles. The highest BCUT2D eigenvalue weighted by Gasteiger charge is 2.79. The van der Waals surface area contributed by atoms with Crippen molar-refractivity contribution < 1.29 is 22.7 Å². The summed E-state index contributed by atoms with van der Waals surface area (Å²) in [6.07, 6.45) is -4.27. The third-order valence-corrected chi connectivity index (χ3v) is 4.66. The number of rotatable bonds is 5. The van der Waals surface area contributed by atoms with Gasteiger partial charge in [-0.15, -0.1) is 0 Å². The van der Waals surface area contributed by atoms with E-state index in [-0.39, 0.29) is 32.5 Å². The van der Waals surface area contributed by atoms with E-state index in [0.29, 0.717) is 5.75 Å². The van der Waals surface area contributed by atoms with Gasteiger partial charge in [0, 0.05) is 12.1 Å². The first-order valence-electron chi connectivity index (χ1n) is 7.45. The van der Waals surface area contributed by atoms with Crippen LogP contribution in [0.3, 0.4) is 0 Å². The molecule has 3 aliphatic rings.